The molecular formula is C10H7ClO6. The molecule has 0 bridgehead atoms. The van der Waals surface area contributed by atoms with E-state index >= 15 is 0 Å². The molecule has 1 saturated heterocycles. The molecule has 6 nitrogen and oxygen atoms in total. The minimum Gasteiger partial charge on any atom is -0.506 e. The topological polar surface area (TPSA) is 93.1 Å². The third-order valence-corrected chi connectivity index (χ3v) is 2.53. The molecule has 0 aromatic heterocycles. The lowest BCUT2D eigenvalue weighted by molar-refractivity contribution is -0.254. The molecule has 0 aliphatic carbocycles. The van der Waals surface area contributed by atoms with Gasteiger partial charge in [0.25, 0.3) is 5.79 Å². The van der Waals surface area contributed by atoms with Gasteiger partial charge in [0.1, 0.15) is 5.75 Å². The molecule has 2 N–H and O–H groups in total. The van der Waals surface area contributed by atoms with Gasteiger partial charge in [-0.15, -0.1) is 0 Å². The van der Waals surface area contributed by atoms with Gasteiger partial charge < -0.3 is 19.7 Å². The zero-order valence-electron chi connectivity index (χ0n) is 8.34. The minimum atomic E-state index is -2.08. The van der Waals surface area contributed by atoms with Gasteiger partial charge in [-0.3, -0.25) is 0 Å². The number of cyclic esters (lactones) is 2. The number of esters is 2. The number of carbonyl (C=O) groups is 2. The highest BCUT2D eigenvalue weighted by atomic mass is 35.5. The van der Waals surface area contributed by atoms with E-state index in [9.17, 15) is 19.8 Å². The number of hydrogen-bond donors (Lipinski definition) is 2. The summed E-state index contributed by atoms with van der Waals surface area (Å²) in [6.45, 7) is -0.529. The first kappa shape index (κ1) is 11.7. The van der Waals surface area contributed by atoms with E-state index in [1.807, 2.05) is 0 Å². The summed E-state index contributed by atoms with van der Waals surface area (Å²) in [6, 6.07) is 3.73. The van der Waals surface area contributed by atoms with Crippen LogP contribution in [0.3, 0.4) is 0 Å². The van der Waals surface area contributed by atoms with Crippen molar-refractivity contribution in [2.45, 2.75) is 5.79 Å². The van der Waals surface area contributed by atoms with Gasteiger partial charge in [0.05, 0.1) is 5.02 Å². The summed E-state index contributed by atoms with van der Waals surface area (Å²) in [6.07, 6.45) is 0. The molecule has 1 aromatic rings. The van der Waals surface area contributed by atoms with Gasteiger partial charge in [0, 0.05) is 5.56 Å². The first-order valence-electron chi connectivity index (χ1n) is 4.54. The lowest BCUT2D eigenvalue weighted by Crippen LogP contribution is -2.45. The fraction of sp³-hybridized carbons (Fsp3) is 0.200. The average Bonchev–Trinajstić information content (AvgIpc) is 2.28. The van der Waals surface area contributed by atoms with E-state index in [4.69, 9.17) is 11.6 Å². The Morgan fingerprint density at radius 2 is 2.00 bits per heavy atom. The van der Waals surface area contributed by atoms with E-state index in [0.717, 1.165) is 0 Å². The largest absolute Gasteiger partial charge is 0.506 e. The monoisotopic (exact) mass is 258 g/mol. The molecule has 1 atom stereocenters. The molecule has 90 valence electrons. The summed E-state index contributed by atoms with van der Waals surface area (Å²) < 4.78 is 9.03. The van der Waals surface area contributed by atoms with Crippen molar-refractivity contribution < 1.29 is 29.3 Å². The number of carbonyl (C=O) groups excluding carboxylic acids is 2. The Morgan fingerprint density at radius 1 is 1.29 bits per heavy atom. The lowest BCUT2D eigenvalue weighted by Gasteiger charge is -2.30. The second-order valence-corrected chi connectivity index (χ2v) is 3.82. The maximum absolute atomic E-state index is 11.0. The summed E-state index contributed by atoms with van der Waals surface area (Å²) in [5.74, 6) is -4.72. The van der Waals surface area contributed by atoms with Crippen molar-refractivity contribution in [2.75, 3.05) is 6.61 Å². The first-order valence-corrected chi connectivity index (χ1v) is 4.92. The van der Waals surface area contributed by atoms with Crippen LogP contribution in [-0.4, -0.2) is 28.8 Å². The van der Waals surface area contributed by atoms with Crippen molar-refractivity contribution in [3.8, 4) is 5.75 Å². The van der Waals surface area contributed by atoms with Crippen molar-refractivity contribution in [1.82, 2.24) is 0 Å². The van der Waals surface area contributed by atoms with E-state index in [-0.39, 0.29) is 16.3 Å². The zero-order chi connectivity index (χ0) is 12.6. The molecule has 1 unspecified atom stereocenters. The maximum atomic E-state index is 11.0. The second-order valence-electron chi connectivity index (χ2n) is 3.42. The molecule has 1 aromatic carbocycles. The number of phenolic OH excluding ortho intramolecular Hbond substituents is 1. The predicted molar refractivity (Wildman–Crippen MR) is 54.1 cm³/mol. The van der Waals surface area contributed by atoms with Crippen molar-refractivity contribution in [3.63, 3.8) is 0 Å². The van der Waals surface area contributed by atoms with Gasteiger partial charge in [0.15, 0.2) is 6.61 Å². The van der Waals surface area contributed by atoms with Crippen LogP contribution in [0.25, 0.3) is 0 Å². The van der Waals surface area contributed by atoms with Crippen LogP contribution in [-0.2, 0) is 24.8 Å². The number of halogens is 1. The maximum Gasteiger partial charge on any atom is 0.420 e. The fourth-order valence-electron chi connectivity index (χ4n) is 1.34. The van der Waals surface area contributed by atoms with E-state index in [2.05, 4.69) is 9.47 Å². The normalized spacial score (nSPS) is 24.1. The Balaban J connectivity index is 2.35. The first-order chi connectivity index (χ1) is 7.92. The molecule has 0 radical (unpaired) electrons. The van der Waals surface area contributed by atoms with Gasteiger partial charge in [0.2, 0.25) is 0 Å². The van der Waals surface area contributed by atoms with Gasteiger partial charge >= 0.3 is 11.9 Å². The number of aliphatic hydroxyl groups is 1. The molecule has 1 aliphatic heterocycles. The van der Waals surface area contributed by atoms with Crippen LogP contribution in [0.2, 0.25) is 5.02 Å². The number of phenols is 1. The third-order valence-electron chi connectivity index (χ3n) is 2.23. The fourth-order valence-corrected chi connectivity index (χ4v) is 1.52. The smallest absolute Gasteiger partial charge is 0.420 e. The van der Waals surface area contributed by atoms with Gasteiger partial charge in [-0.1, -0.05) is 11.6 Å². The molecule has 0 amide bonds. The number of benzene rings is 1. The van der Waals surface area contributed by atoms with Crippen LogP contribution in [0, 0.1) is 0 Å². The van der Waals surface area contributed by atoms with Crippen molar-refractivity contribution in [1.29, 1.82) is 0 Å². The van der Waals surface area contributed by atoms with Gasteiger partial charge in [-0.2, -0.15) is 0 Å². The highest BCUT2D eigenvalue weighted by molar-refractivity contribution is 6.32. The third kappa shape index (κ3) is 2.04. The second kappa shape index (κ2) is 3.90. The molecule has 17 heavy (non-hydrogen) atoms. The van der Waals surface area contributed by atoms with E-state index < -0.39 is 24.3 Å². The van der Waals surface area contributed by atoms with Gasteiger partial charge in [-0.05, 0) is 18.2 Å². The van der Waals surface area contributed by atoms with Crippen LogP contribution in [0.1, 0.15) is 5.56 Å². The molecule has 7 heteroatoms. The van der Waals surface area contributed by atoms with Crippen LogP contribution in [0.5, 0.6) is 5.75 Å². The SMILES string of the molecule is O=C1OCC(O)(c2ccc(O)c(Cl)c2)OC1=O. The highest BCUT2D eigenvalue weighted by Crippen LogP contribution is 2.32. The zero-order valence-corrected chi connectivity index (χ0v) is 9.10. The molecule has 1 aliphatic rings. The summed E-state index contributed by atoms with van der Waals surface area (Å²) in [5, 5.41) is 19.2. The van der Waals surface area contributed by atoms with Crippen molar-refractivity contribution in [3.05, 3.63) is 28.8 Å². The molecular weight excluding hydrogens is 252 g/mol. The number of ether oxygens (including phenoxy) is 2. The summed E-state index contributed by atoms with van der Waals surface area (Å²) in [4.78, 5) is 21.8. The summed E-state index contributed by atoms with van der Waals surface area (Å²) >= 11 is 5.65. The van der Waals surface area contributed by atoms with Gasteiger partial charge in [-0.25, -0.2) is 9.59 Å². The Hall–Kier alpha value is -1.79. The van der Waals surface area contributed by atoms with Crippen molar-refractivity contribution >= 4 is 23.5 Å². The van der Waals surface area contributed by atoms with Crippen LogP contribution >= 0.6 is 11.6 Å². The number of aromatic hydroxyl groups is 1. The summed E-state index contributed by atoms with van der Waals surface area (Å²) in [7, 11) is 0. The number of hydrogen-bond acceptors (Lipinski definition) is 6. The quantitative estimate of drug-likeness (QED) is 0.556. The van der Waals surface area contributed by atoms with E-state index in [0.29, 0.717) is 0 Å². The molecule has 1 fully saturated rings. The van der Waals surface area contributed by atoms with Crippen molar-refractivity contribution in [2.24, 2.45) is 0 Å². The average molecular weight is 259 g/mol. The summed E-state index contributed by atoms with van der Waals surface area (Å²) in [5.41, 5.74) is 0.0983. The van der Waals surface area contributed by atoms with Crippen LogP contribution < -0.4 is 0 Å². The molecule has 0 saturated carbocycles. The van der Waals surface area contributed by atoms with Crippen LogP contribution in [0.4, 0.5) is 0 Å². The Labute approximate surface area is 100 Å². The Bertz CT molecular complexity index is 500. The van der Waals surface area contributed by atoms with Crippen LogP contribution in [0.15, 0.2) is 18.2 Å². The standard InChI is InChI=1S/C10H7ClO6/c11-6-3-5(1-2-7(6)12)10(15)4-16-8(13)9(14)17-10/h1-3,12,15H,4H2. The van der Waals surface area contributed by atoms with E-state index in [1.165, 1.54) is 18.2 Å². The number of rotatable bonds is 1. The Kier molecular flexibility index (Phi) is 2.68. The van der Waals surface area contributed by atoms with E-state index in [1.54, 1.807) is 0 Å². The highest BCUT2D eigenvalue weighted by Gasteiger charge is 2.43. The minimum absolute atomic E-state index is 0.0242. The molecule has 0 spiro atoms. The molecule has 2 rings (SSSR count). The Morgan fingerprint density at radius 3 is 2.59 bits per heavy atom. The molecule has 1 heterocycles. The predicted octanol–water partition coefficient (Wildman–Crippen LogP) is 0.291. The lowest BCUT2D eigenvalue weighted by atomic mass is 10.1.